The number of unbranched alkanes of at least 4 members (excludes halogenated alkanes) is 2. The minimum Gasteiger partial charge on any atom is -0.352 e. The first-order chi connectivity index (χ1) is 10.9. The Balaban J connectivity index is 2.15. The number of sulfonamides is 1. The third-order valence-corrected chi connectivity index (χ3v) is 5.58. The highest BCUT2D eigenvalue weighted by Gasteiger charge is 2.36. The van der Waals surface area contributed by atoms with E-state index < -0.39 is 15.9 Å². The molecule has 0 unspecified atom stereocenters. The maximum Gasteiger partial charge on any atom is 0.252 e. The fourth-order valence-electron chi connectivity index (χ4n) is 2.36. The normalized spacial score (nSPS) is 16.6. The van der Waals surface area contributed by atoms with Crippen LogP contribution in [0.15, 0.2) is 18.2 Å². The molecule has 1 aliphatic heterocycles. The highest BCUT2D eigenvalue weighted by molar-refractivity contribution is 7.94. The smallest absolute Gasteiger partial charge is 0.252 e. The molecule has 0 saturated carbocycles. The van der Waals surface area contributed by atoms with Crippen LogP contribution >= 0.6 is 11.6 Å². The molecule has 0 spiro atoms. The first kappa shape index (κ1) is 17.7. The number of carbonyl (C=O) groups excluding carboxylic acids is 2. The van der Waals surface area contributed by atoms with Gasteiger partial charge in [-0.3, -0.25) is 9.59 Å². The molecule has 1 heterocycles. The minimum atomic E-state index is -3.64. The highest BCUT2D eigenvalue weighted by Crippen LogP contribution is 2.29. The van der Waals surface area contributed by atoms with E-state index in [9.17, 15) is 18.0 Å². The molecule has 0 radical (unpaired) electrons. The van der Waals surface area contributed by atoms with E-state index in [0.717, 1.165) is 23.6 Å². The summed E-state index contributed by atoms with van der Waals surface area (Å²) in [6.45, 7) is 2.63. The summed E-state index contributed by atoms with van der Waals surface area (Å²) in [7, 11) is -3.64. The standard InChI is InChI=1S/C15H19ClN2O4S/c1-2-3-4-8-17-15(20)12-6-5-11(10-13(12)16)18-14(19)7-9-23(18,21)22/h5-6,10H,2-4,7-9H2,1H3,(H,17,20). The number of nitrogens with zero attached hydrogens (tertiary/aromatic N) is 1. The molecule has 0 aromatic heterocycles. The van der Waals surface area contributed by atoms with Crippen LogP contribution in [-0.2, 0) is 14.8 Å². The van der Waals surface area contributed by atoms with Gasteiger partial charge in [-0.1, -0.05) is 31.4 Å². The number of amides is 2. The lowest BCUT2D eigenvalue weighted by Gasteiger charge is -2.16. The Kier molecular flexibility index (Phi) is 5.64. The quantitative estimate of drug-likeness (QED) is 0.791. The van der Waals surface area contributed by atoms with Gasteiger partial charge >= 0.3 is 0 Å². The van der Waals surface area contributed by atoms with Crippen molar-refractivity contribution >= 4 is 39.1 Å². The number of hydrogen-bond donors (Lipinski definition) is 1. The van der Waals surface area contributed by atoms with Crippen LogP contribution in [0.1, 0.15) is 43.0 Å². The van der Waals surface area contributed by atoms with Crippen molar-refractivity contribution < 1.29 is 18.0 Å². The summed E-state index contributed by atoms with van der Waals surface area (Å²) in [6.07, 6.45) is 2.93. The van der Waals surface area contributed by atoms with Crippen molar-refractivity contribution in [3.05, 3.63) is 28.8 Å². The average molecular weight is 359 g/mol. The molecule has 0 aliphatic carbocycles. The van der Waals surface area contributed by atoms with Gasteiger partial charge in [0.1, 0.15) is 0 Å². The molecule has 2 amide bonds. The fraction of sp³-hybridized carbons (Fsp3) is 0.467. The molecule has 8 heteroatoms. The van der Waals surface area contributed by atoms with Crippen LogP contribution in [-0.4, -0.2) is 32.5 Å². The van der Waals surface area contributed by atoms with Crippen LogP contribution in [0.5, 0.6) is 0 Å². The van der Waals surface area contributed by atoms with Gasteiger partial charge in [0.25, 0.3) is 5.91 Å². The minimum absolute atomic E-state index is 0.0420. The van der Waals surface area contributed by atoms with Crippen molar-refractivity contribution in [1.29, 1.82) is 0 Å². The molecule has 0 atom stereocenters. The zero-order valence-electron chi connectivity index (χ0n) is 12.8. The summed E-state index contributed by atoms with van der Waals surface area (Å²) in [5, 5.41) is 2.88. The number of hydrogen-bond acceptors (Lipinski definition) is 4. The van der Waals surface area contributed by atoms with Gasteiger partial charge in [-0.15, -0.1) is 0 Å². The molecule has 1 aromatic carbocycles. The molecule has 23 heavy (non-hydrogen) atoms. The maximum absolute atomic E-state index is 12.1. The molecule has 2 rings (SSSR count). The summed E-state index contributed by atoms with van der Waals surface area (Å²) < 4.78 is 24.5. The lowest BCUT2D eigenvalue weighted by molar-refractivity contribution is -0.116. The monoisotopic (exact) mass is 358 g/mol. The van der Waals surface area contributed by atoms with E-state index in [4.69, 9.17) is 11.6 Å². The number of carbonyl (C=O) groups is 2. The Morgan fingerprint density at radius 2 is 2.09 bits per heavy atom. The first-order valence-electron chi connectivity index (χ1n) is 7.50. The number of halogens is 1. The van der Waals surface area contributed by atoms with E-state index in [1.807, 2.05) is 0 Å². The first-order valence-corrected chi connectivity index (χ1v) is 9.49. The van der Waals surface area contributed by atoms with E-state index in [1.54, 1.807) is 0 Å². The predicted molar refractivity (Wildman–Crippen MR) is 89.2 cm³/mol. The lowest BCUT2D eigenvalue weighted by atomic mass is 10.1. The van der Waals surface area contributed by atoms with Crippen molar-refractivity contribution in [2.24, 2.45) is 0 Å². The summed E-state index contributed by atoms with van der Waals surface area (Å²) >= 11 is 6.09. The summed E-state index contributed by atoms with van der Waals surface area (Å²) in [5.41, 5.74) is 0.427. The summed E-state index contributed by atoms with van der Waals surface area (Å²) in [6, 6.07) is 4.20. The van der Waals surface area contributed by atoms with Crippen LogP contribution in [0.2, 0.25) is 5.02 Å². The fourth-order valence-corrected chi connectivity index (χ4v) is 4.07. The average Bonchev–Trinajstić information content (AvgIpc) is 2.76. The van der Waals surface area contributed by atoms with Gasteiger partial charge in [0.15, 0.2) is 0 Å². The maximum atomic E-state index is 12.1. The second-order valence-electron chi connectivity index (χ2n) is 5.35. The van der Waals surface area contributed by atoms with E-state index in [0.29, 0.717) is 6.54 Å². The molecule has 126 valence electrons. The third-order valence-electron chi connectivity index (χ3n) is 3.58. The Hall–Kier alpha value is -1.60. The molecular weight excluding hydrogens is 340 g/mol. The van der Waals surface area contributed by atoms with Gasteiger partial charge in [-0.2, -0.15) is 0 Å². The van der Waals surface area contributed by atoms with Crippen LogP contribution in [0.3, 0.4) is 0 Å². The van der Waals surface area contributed by atoms with Crippen molar-refractivity contribution in [3.63, 3.8) is 0 Å². The van der Waals surface area contributed by atoms with Gasteiger partial charge in [0.2, 0.25) is 15.9 Å². The van der Waals surface area contributed by atoms with Crippen molar-refractivity contribution in [3.8, 4) is 0 Å². The van der Waals surface area contributed by atoms with E-state index in [-0.39, 0.29) is 34.4 Å². The Labute approximate surface area is 140 Å². The second kappa shape index (κ2) is 7.31. The molecule has 1 N–H and O–H groups in total. The SMILES string of the molecule is CCCCCNC(=O)c1ccc(N2C(=O)CCS2(=O)=O)cc1Cl. The lowest BCUT2D eigenvalue weighted by Crippen LogP contribution is -2.29. The van der Waals surface area contributed by atoms with Crippen LogP contribution in [0, 0.1) is 0 Å². The van der Waals surface area contributed by atoms with Crippen LogP contribution in [0.25, 0.3) is 0 Å². The van der Waals surface area contributed by atoms with Crippen molar-refractivity contribution in [2.45, 2.75) is 32.6 Å². The summed E-state index contributed by atoms with van der Waals surface area (Å²) in [5.74, 6) is -1.01. The third kappa shape index (κ3) is 4.03. The molecule has 1 fully saturated rings. The Morgan fingerprint density at radius 3 is 2.65 bits per heavy atom. The molecule has 6 nitrogen and oxygen atoms in total. The highest BCUT2D eigenvalue weighted by atomic mass is 35.5. The van der Waals surface area contributed by atoms with Crippen molar-refractivity contribution in [2.75, 3.05) is 16.6 Å². The van der Waals surface area contributed by atoms with Gasteiger partial charge in [-0.25, -0.2) is 12.7 Å². The topological polar surface area (TPSA) is 83.6 Å². The van der Waals surface area contributed by atoms with Crippen LogP contribution in [0.4, 0.5) is 5.69 Å². The zero-order chi connectivity index (χ0) is 17.0. The number of anilines is 1. The largest absolute Gasteiger partial charge is 0.352 e. The number of benzene rings is 1. The number of rotatable bonds is 6. The van der Waals surface area contributed by atoms with E-state index in [1.165, 1.54) is 18.2 Å². The van der Waals surface area contributed by atoms with Crippen LogP contribution < -0.4 is 9.62 Å². The number of nitrogens with one attached hydrogen (secondary N) is 1. The predicted octanol–water partition coefficient (Wildman–Crippen LogP) is 2.33. The van der Waals surface area contributed by atoms with Gasteiger partial charge in [0, 0.05) is 13.0 Å². The molecule has 1 aliphatic rings. The van der Waals surface area contributed by atoms with E-state index in [2.05, 4.69) is 12.2 Å². The molecule has 1 aromatic rings. The Bertz CT molecular complexity index is 718. The molecule has 0 bridgehead atoms. The zero-order valence-corrected chi connectivity index (χ0v) is 14.4. The second-order valence-corrected chi connectivity index (χ2v) is 7.70. The van der Waals surface area contributed by atoms with Gasteiger partial charge in [0.05, 0.1) is 22.0 Å². The van der Waals surface area contributed by atoms with Gasteiger partial charge < -0.3 is 5.32 Å². The molecular formula is C15H19ClN2O4S. The van der Waals surface area contributed by atoms with Crippen molar-refractivity contribution in [1.82, 2.24) is 5.32 Å². The Morgan fingerprint density at radius 1 is 1.35 bits per heavy atom. The van der Waals surface area contributed by atoms with Gasteiger partial charge in [-0.05, 0) is 24.6 Å². The molecule has 1 saturated heterocycles. The van der Waals surface area contributed by atoms with E-state index >= 15 is 0 Å². The summed E-state index contributed by atoms with van der Waals surface area (Å²) in [4.78, 5) is 23.8.